The van der Waals surface area contributed by atoms with Gasteiger partial charge in [-0.25, -0.2) is 9.59 Å². The molecule has 0 saturated heterocycles. The number of hydrogen-bond acceptors (Lipinski definition) is 4. The Labute approximate surface area is 199 Å². The van der Waals surface area contributed by atoms with E-state index in [0.29, 0.717) is 19.3 Å². The minimum Gasteiger partial charge on any atom is -0.480 e. The van der Waals surface area contributed by atoms with Crippen LogP contribution in [0, 0.1) is 5.41 Å². The molecule has 1 saturated carbocycles. The summed E-state index contributed by atoms with van der Waals surface area (Å²) < 4.78 is 5.62. The maximum Gasteiger partial charge on any atom is 0.407 e. The van der Waals surface area contributed by atoms with Crippen LogP contribution in [0.4, 0.5) is 4.79 Å². The summed E-state index contributed by atoms with van der Waals surface area (Å²) in [5, 5.41) is 14.8. The lowest BCUT2D eigenvalue weighted by molar-refractivity contribution is -0.144. The van der Waals surface area contributed by atoms with E-state index in [-0.39, 0.29) is 25.0 Å². The van der Waals surface area contributed by atoms with E-state index in [1.807, 2.05) is 24.3 Å². The van der Waals surface area contributed by atoms with Crippen molar-refractivity contribution in [1.29, 1.82) is 0 Å². The summed E-state index contributed by atoms with van der Waals surface area (Å²) in [6, 6.07) is 15.4. The van der Waals surface area contributed by atoms with Crippen LogP contribution in [-0.2, 0) is 14.3 Å². The SMILES string of the molecule is CCC(NC(=O)C1(CNC(=O)OCC2c3ccccc3-c3ccccc32)CCCCC1)C(=O)O. The molecule has 1 unspecified atom stereocenters. The number of rotatable bonds is 8. The highest BCUT2D eigenvalue weighted by molar-refractivity contribution is 5.88. The van der Waals surface area contributed by atoms with E-state index in [0.717, 1.165) is 41.5 Å². The first-order chi connectivity index (χ1) is 16.4. The molecule has 3 N–H and O–H groups in total. The van der Waals surface area contributed by atoms with Crippen LogP contribution in [-0.4, -0.2) is 42.3 Å². The molecule has 0 spiro atoms. The van der Waals surface area contributed by atoms with Crippen LogP contribution >= 0.6 is 0 Å². The van der Waals surface area contributed by atoms with Crippen LogP contribution in [0.2, 0.25) is 0 Å². The summed E-state index contributed by atoms with van der Waals surface area (Å²) in [6.07, 6.45) is 3.71. The standard InChI is InChI=1S/C27H32N2O5/c1-2-23(24(30)31)29-25(32)27(14-8-3-9-15-27)17-28-26(33)34-16-22-20-12-6-4-10-18(20)19-11-5-7-13-21(19)22/h4-7,10-13,22-23H,2-3,8-9,14-17H2,1H3,(H,28,33)(H,29,32)(H,30,31). The quantitative estimate of drug-likeness (QED) is 0.535. The number of carboxylic acid groups (broad SMARTS) is 1. The monoisotopic (exact) mass is 464 g/mol. The fourth-order valence-corrected chi connectivity index (χ4v) is 5.25. The lowest BCUT2D eigenvalue weighted by Gasteiger charge is -2.36. The van der Waals surface area contributed by atoms with Crippen molar-refractivity contribution >= 4 is 18.0 Å². The number of carbonyl (C=O) groups excluding carboxylic acids is 2. The molecule has 1 fully saturated rings. The fraction of sp³-hybridized carbons (Fsp3) is 0.444. The molecule has 2 amide bonds. The third-order valence-corrected chi connectivity index (χ3v) is 7.22. The Kier molecular flexibility index (Phi) is 7.20. The smallest absolute Gasteiger partial charge is 0.407 e. The van der Waals surface area contributed by atoms with Gasteiger partial charge in [-0.15, -0.1) is 0 Å². The number of hydrogen-bond donors (Lipinski definition) is 3. The van der Waals surface area contributed by atoms with Gasteiger partial charge in [0.15, 0.2) is 0 Å². The highest BCUT2D eigenvalue weighted by Gasteiger charge is 2.41. The molecule has 0 radical (unpaired) electrons. The van der Waals surface area contributed by atoms with Gasteiger partial charge in [0, 0.05) is 12.5 Å². The molecule has 0 heterocycles. The van der Waals surface area contributed by atoms with Crippen LogP contribution < -0.4 is 10.6 Å². The summed E-state index contributed by atoms with van der Waals surface area (Å²) in [5.74, 6) is -1.39. The number of ether oxygens (including phenoxy) is 1. The minimum atomic E-state index is -1.05. The first kappa shape index (κ1) is 23.8. The third kappa shape index (κ3) is 4.79. The average molecular weight is 465 g/mol. The predicted molar refractivity (Wildman–Crippen MR) is 128 cm³/mol. The molecule has 2 aliphatic carbocycles. The number of benzene rings is 2. The number of carboxylic acids is 1. The molecule has 180 valence electrons. The third-order valence-electron chi connectivity index (χ3n) is 7.22. The van der Waals surface area contributed by atoms with Crippen molar-refractivity contribution < 1.29 is 24.2 Å². The van der Waals surface area contributed by atoms with Crippen molar-refractivity contribution in [2.45, 2.75) is 57.4 Å². The van der Waals surface area contributed by atoms with Gasteiger partial charge in [-0.1, -0.05) is 74.7 Å². The van der Waals surface area contributed by atoms with Crippen LogP contribution in [0.5, 0.6) is 0 Å². The zero-order valence-corrected chi connectivity index (χ0v) is 19.5. The second-order valence-electron chi connectivity index (χ2n) is 9.29. The fourth-order valence-electron chi connectivity index (χ4n) is 5.25. The van der Waals surface area contributed by atoms with Gasteiger partial charge in [0.25, 0.3) is 0 Å². The largest absolute Gasteiger partial charge is 0.480 e. The number of aliphatic carboxylic acids is 1. The first-order valence-corrected chi connectivity index (χ1v) is 12.1. The predicted octanol–water partition coefficient (Wildman–Crippen LogP) is 4.46. The molecule has 4 rings (SSSR count). The molecule has 2 aromatic rings. The van der Waals surface area contributed by atoms with Crippen molar-refractivity contribution in [2.75, 3.05) is 13.2 Å². The number of fused-ring (bicyclic) bond motifs is 3. The molecule has 7 nitrogen and oxygen atoms in total. The Hall–Kier alpha value is -3.35. The molecule has 0 bridgehead atoms. The van der Waals surface area contributed by atoms with Crippen molar-refractivity contribution in [2.24, 2.45) is 5.41 Å². The van der Waals surface area contributed by atoms with Crippen LogP contribution in [0.25, 0.3) is 11.1 Å². The topological polar surface area (TPSA) is 105 Å². The molecular weight excluding hydrogens is 432 g/mol. The summed E-state index contributed by atoms with van der Waals surface area (Å²) >= 11 is 0. The Morgan fingerprint density at radius 1 is 1.00 bits per heavy atom. The summed E-state index contributed by atoms with van der Waals surface area (Å²) in [7, 11) is 0. The molecule has 0 aliphatic heterocycles. The zero-order valence-electron chi connectivity index (χ0n) is 19.5. The lowest BCUT2D eigenvalue weighted by atomic mass is 9.73. The Balaban J connectivity index is 1.39. The lowest BCUT2D eigenvalue weighted by Crippen LogP contribution is -2.53. The van der Waals surface area contributed by atoms with E-state index >= 15 is 0 Å². The van der Waals surface area contributed by atoms with Gasteiger partial charge < -0.3 is 20.5 Å². The van der Waals surface area contributed by atoms with Crippen molar-refractivity contribution in [3.63, 3.8) is 0 Å². The number of alkyl carbamates (subject to hydrolysis) is 1. The van der Waals surface area contributed by atoms with E-state index in [1.54, 1.807) is 6.92 Å². The second-order valence-corrected chi connectivity index (χ2v) is 9.29. The highest BCUT2D eigenvalue weighted by Crippen LogP contribution is 2.44. The van der Waals surface area contributed by atoms with Gasteiger partial charge in [0.05, 0.1) is 5.41 Å². The van der Waals surface area contributed by atoms with Crippen LogP contribution in [0.1, 0.15) is 62.5 Å². The van der Waals surface area contributed by atoms with Crippen molar-refractivity contribution in [3.8, 4) is 11.1 Å². The van der Waals surface area contributed by atoms with Crippen LogP contribution in [0.15, 0.2) is 48.5 Å². The van der Waals surface area contributed by atoms with Gasteiger partial charge in [-0.2, -0.15) is 0 Å². The molecule has 2 aliphatic rings. The Morgan fingerprint density at radius 3 is 2.15 bits per heavy atom. The van der Waals surface area contributed by atoms with Gasteiger partial charge in [-0.3, -0.25) is 4.79 Å². The van der Waals surface area contributed by atoms with E-state index in [9.17, 15) is 19.5 Å². The zero-order chi connectivity index (χ0) is 24.1. The molecule has 7 heteroatoms. The van der Waals surface area contributed by atoms with E-state index in [4.69, 9.17) is 4.74 Å². The summed E-state index contributed by atoms with van der Waals surface area (Å²) in [5.41, 5.74) is 3.78. The van der Waals surface area contributed by atoms with E-state index in [2.05, 4.69) is 34.9 Å². The van der Waals surface area contributed by atoms with Gasteiger partial charge in [-0.05, 0) is 41.5 Å². The maximum atomic E-state index is 13.1. The van der Waals surface area contributed by atoms with E-state index < -0.39 is 23.5 Å². The number of carbonyl (C=O) groups is 3. The Bertz CT molecular complexity index is 1010. The number of amides is 2. The first-order valence-electron chi connectivity index (χ1n) is 12.1. The van der Waals surface area contributed by atoms with Crippen LogP contribution in [0.3, 0.4) is 0 Å². The van der Waals surface area contributed by atoms with Crippen molar-refractivity contribution in [3.05, 3.63) is 59.7 Å². The minimum absolute atomic E-state index is 0.0361. The maximum absolute atomic E-state index is 13.1. The molecule has 1 atom stereocenters. The van der Waals surface area contributed by atoms with E-state index in [1.165, 1.54) is 0 Å². The molecule has 2 aromatic carbocycles. The second kappa shape index (κ2) is 10.3. The Morgan fingerprint density at radius 2 is 1.59 bits per heavy atom. The average Bonchev–Trinajstić information content (AvgIpc) is 3.18. The summed E-state index contributed by atoms with van der Waals surface area (Å²) in [6.45, 7) is 2.06. The van der Waals surface area contributed by atoms with Gasteiger partial charge >= 0.3 is 12.1 Å². The normalized spacial score (nSPS) is 17.2. The summed E-state index contributed by atoms with van der Waals surface area (Å²) in [4.78, 5) is 37.1. The highest BCUT2D eigenvalue weighted by atomic mass is 16.5. The molecular formula is C27H32N2O5. The van der Waals surface area contributed by atoms with Gasteiger partial charge in [0.2, 0.25) is 5.91 Å². The molecule has 34 heavy (non-hydrogen) atoms. The molecule has 0 aromatic heterocycles. The van der Waals surface area contributed by atoms with Gasteiger partial charge in [0.1, 0.15) is 12.6 Å². The number of nitrogens with one attached hydrogen (secondary N) is 2. The van der Waals surface area contributed by atoms with Crippen molar-refractivity contribution in [1.82, 2.24) is 10.6 Å².